The predicted octanol–water partition coefficient (Wildman–Crippen LogP) is 6.60. The topological polar surface area (TPSA) is 56.2 Å². The molecule has 0 amide bonds. The number of methoxy groups -OCH3 is 2. The molecule has 0 saturated carbocycles. The first-order valence-electron chi connectivity index (χ1n) is 10.8. The third-order valence-electron chi connectivity index (χ3n) is 5.83. The van der Waals surface area contributed by atoms with E-state index in [1.54, 1.807) is 43.4 Å². The minimum atomic E-state index is -4.81. The van der Waals surface area contributed by atoms with Gasteiger partial charge in [-0.15, -0.1) is 0 Å². The predicted molar refractivity (Wildman–Crippen MR) is 130 cm³/mol. The van der Waals surface area contributed by atoms with E-state index >= 15 is 0 Å². The van der Waals surface area contributed by atoms with Gasteiger partial charge in [0.05, 0.1) is 20.6 Å². The van der Waals surface area contributed by atoms with Gasteiger partial charge in [-0.2, -0.15) is 13.2 Å². The highest BCUT2D eigenvalue weighted by Crippen LogP contribution is 2.49. The lowest BCUT2D eigenvalue weighted by Gasteiger charge is -2.30. The van der Waals surface area contributed by atoms with Crippen LogP contribution in [0.5, 0.6) is 11.5 Å². The Hall–Kier alpha value is -3.17. The standard InChI is InChI=1S/C25H22Cl2F3N3O3/c1-34-19-7-3-16(4-8-19)14-33(15-17-5-9-20(35-2)10-6-17)23-13-24(36-32-23,25(28,29)30)18-11-21(26)31-22(27)12-18/h3-12H,13-15H2,1-2H3. The van der Waals surface area contributed by atoms with E-state index in [-0.39, 0.29) is 34.8 Å². The summed E-state index contributed by atoms with van der Waals surface area (Å²) in [6.45, 7) is 0.564. The van der Waals surface area contributed by atoms with Gasteiger partial charge in [0.15, 0.2) is 0 Å². The van der Waals surface area contributed by atoms with Crippen molar-refractivity contribution in [1.29, 1.82) is 0 Å². The number of nitrogens with zero attached hydrogens (tertiary/aromatic N) is 3. The minimum Gasteiger partial charge on any atom is -0.497 e. The summed E-state index contributed by atoms with van der Waals surface area (Å²) in [5.41, 5.74) is -1.32. The van der Waals surface area contributed by atoms with Gasteiger partial charge in [-0.3, -0.25) is 0 Å². The molecule has 0 fully saturated rings. The Bertz CT molecular complexity index is 1170. The van der Waals surface area contributed by atoms with Gasteiger partial charge in [0.1, 0.15) is 27.6 Å². The molecule has 4 rings (SSSR count). The minimum absolute atomic E-state index is 0.128. The van der Waals surface area contributed by atoms with Crippen LogP contribution in [0.3, 0.4) is 0 Å². The molecular weight excluding hydrogens is 518 g/mol. The summed E-state index contributed by atoms with van der Waals surface area (Å²) in [5, 5.41) is 3.57. The molecule has 190 valence electrons. The van der Waals surface area contributed by atoms with E-state index in [1.165, 1.54) is 0 Å². The van der Waals surface area contributed by atoms with Crippen molar-refractivity contribution in [2.45, 2.75) is 31.3 Å². The van der Waals surface area contributed by atoms with Crippen molar-refractivity contribution in [2.24, 2.45) is 5.16 Å². The number of pyridine rings is 1. The Balaban J connectivity index is 1.67. The number of amidine groups is 1. The van der Waals surface area contributed by atoms with Gasteiger partial charge in [-0.1, -0.05) is 52.6 Å². The zero-order valence-electron chi connectivity index (χ0n) is 19.4. The van der Waals surface area contributed by atoms with Gasteiger partial charge in [-0.25, -0.2) is 4.98 Å². The van der Waals surface area contributed by atoms with Gasteiger partial charge in [0.2, 0.25) is 0 Å². The number of ether oxygens (including phenoxy) is 2. The van der Waals surface area contributed by atoms with Gasteiger partial charge < -0.3 is 19.2 Å². The van der Waals surface area contributed by atoms with E-state index in [0.717, 1.165) is 23.3 Å². The van der Waals surface area contributed by atoms with Crippen LogP contribution in [-0.2, 0) is 23.5 Å². The molecular formula is C25H22Cl2F3N3O3. The largest absolute Gasteiger partial charge is 0.497 e. The summed E-state index contributed by atoms with van der Waals surface area (Å²) < 4.78 is 53.8. The zero-order valence-corrected chi connectivity index (χ0v) is 20.9. The molecule has 0 N–H and O–H groups in total. The average molecular weight is 540 g/mol. The lowest BCUT2D eigenvalue weighted by Crippen LogP contribution is -2.44. The lowest BCUT2D eigenvalue weighted by atomic mass is 9.90. The van der Waals surface area contributed by atoms with Gasteiger partial charge in [0.25, 0.3) is 5.60 Å². The molecule has 1 aromatic heterocycles. The summed E-state index contributed by atoms with van der Waals surface area (Å²) in [6, 6.07) is 16.7. The van der Waals surface area contributed by atoms with Crippen molar-refractivity contribution >= 4 is 29.0 Å². The molecule has 1 atom stereocenters. The van der Waals surface area contributed by atoms with Crippen LogP contribution in [0.2, 0.25) is 10.3 Å². The maximum absolute atomic E-state index is 14.5. The highest BCUT2D eigenvalue weighted by atomic mass is 35.5. The molecule has 2 aromatic carbocycles. The van der Waals surface area contributed by atoms with E-state index in [0.29, 0.717) is 11.5 Å². The van der Waals surface area contributed by atoms with Crippen LogP contribution in [0.25, 0.3) is 0 Å². The number of hydrogen-bond acceptors (Lipinski definition) is 6. The molecule has 0 spiro atoms. The van der Waals surface area contributed by atoms with E-state index in [4.69, 9.17) is 37.5 Å². The average Bonchev–Trinajstić information content (AvgIpc) is 3.31. The van der Waals surface area contributed by atoms with E-state index in [1.807, 2.05) is 24.3 Å². The van der Waals surface area contributed by atoms with Crippen molar-refractivity contribution in [3.63, 3.8) is 0 Å². The number of alkyl halides is 3. The van der Waals surface area contributed by atoms with E-state index in [2.05, 4.69) is 10.1 Å². The molecule has 1 unspecified atom stereocenters. The van der Waals surface area contributed by atoms with Crippen molar-refractivity contribution < 1.29 is 27.5 Å². The number of aromatic nitrogens is 1. The Morgan fingerprint density at radius 3 is 1.78 bits per heavy atom. The van der Waals surface area contributed by atoms with Crippen LogP contribution < -0.4 is 9.47 Å². The first-order valence-corrected chi connectivity index (χ1v) is 11.6. The van der Waals surface area contributed by atoms with Gasteiger partial charge in [0, 0.05) is 18.7 Å². The normalized spacial score (nSPS) is 17.4. The van der Waals surface area contributed by atoms with Crippen LogP contribution in [0, 0.1) is 0 Å². The van der Waals surface area contributed by atoms with Crippen LogP contribution >= 0.6 is 23.2 Å². The maximum atomic E-state index is 14.5. The number of halogens is 5. The van der Waals surface area contributed by atoms with E-state index < -0.39 is 18.2 Å². The highest BCUT2D eigenvalue weighted by Gasteiger charge is 2.63. The fourth-order valence-corrected chi connectivity index (χ4v) is 4.36. The van der Waals surface area contributed by atoms with Crippen molar-refractivity contribution in [2.75, 3.05) is 14.2 Å². The summed E-state index contributed by atoms with van der Waals surface area (Å²) in [5.74, 6) is 1.47. The second-order valence-electron chi connectivity index (χ2n) is 8.15. The molecule has 11 heteroatoms. The molecule has 0 bridgehead atoms. The summed E-state index contributed by atoms with van der Waals surface area (Å²) in [7, 11) is 3.12. The molecule has 0 saturated heterocycles. The van der Waals surface area contributed by atoms with Gasteiger partial charge >= 0.3 is 6.18 Å². The first-order chi connectivity index (χ1) is 17.1. The maximum Gasteiger partial charge on any atom is 0.435 e. The molecule has 6 nitrogen and oxygen atoms in total. The number of rotatable bonds is 7. The Morgan fingerprint density at radius 2 is 1.36 bits per heavy atom. The molecule has 2 heterocycles. The van der Waals surface area contributed by atoms with Crippen LogP contribution in [0.4, 0.5) is 13.2 Å². The zero-order chi connectivity index (χ0) is 25.9. The quantitative estimate of drug-likeness (QED) is 0.316. The summed E-state index contributed by atoms with van der Waals surface area (Å²) >= 11 is 11.8. The Kier molecular flexibility index (Phi) is 7.51. The monoisotopic (exact) mass is 539 g/mol. The van der Waals surface area contributed by atoms with Crippen molar-refractivity contribution in [1.82, 2.24) is 9.88 Å². The van der Waals surface area contributed by atoms with Crippen LogP contribution in [0.1, 0.15) is 23.1 Å². The fourth-order valence-electron chi connectivity index (χ4n) is 3.90. The summed E-state index contributed by atoms with van der Waals surface area (Å²) in [4.78, 5) is 10.7. The Labute approximate surface area is 216 Å². The SMILES string of the molecule is COc1ccc(CN(Cc2ccc(OC)cc2)C2=NOC(c3cc(Cl)nc(Cl)c3)(C(F)(F)F)C2)cc1. The lowest BCUT2D eigenvalue weighted by molar-refractivity contribution is -0.275. The molecule has 0 radical (unpaired) electrons. The first kappa shape index (κ1) is 25.9. The molecule has 0 aliphatic carbocycles. The van der Waals surface area contributed by atoms with Crippen molar-refractivity contribution in [3.8, 4) is 11.5 Å². The highest BCUT2D eigenvalue weighted by molar-refractivity contribution is 6.32. The number of hydrogen-bond donors (Lipinski definition) is 0. The van der Waals surface area contributed by atoms with Crippen LogP contribution in [0.15, 0.2) is 65.8 Å². The second-order valence-corrected chi connectivity index (χ2v) is 8.93. The molecule has 1 aliphatic rings. The fraction of sp³-hybridized carbons (Fsp3) is 0.280. The van der Waals surface area contributed by atoms with E-state index in [9.17, 15) is 13.2 Å². The number of benzene rings is 2. The third kappa shape index (κ3) is 5.47. The van der Waals surface area contributed by atoms with Gasteiger partial charge in [-0.05, 0) is 47.5 Å². The third-order valence-corrected chi connectivity index (χ3v) is 6.22. The Morgan fingerprint density at radius 1 is 0.889 bits per heavy atom. The number of oxime groups is 1. The molecule has 1 aliphatic heterocycles. The second kappa shape index (κ2) is 10.4. The molecule has 3 aromatic rings. The molecule has 36 heavy (non-hydrogen) atoms. The summed E-state index contributed by atoms with van der Waals surface area (Å²) in [6.07, 6.45) is -5.38. The van der Waals surface area contributed by atoms with Crippen molar-refractivity contribution in [3.05, 3.63) is 87.7 Å². The smallest absolute Gasteiger partial charge is 0.435 e. The van der Waals surface area contributed by atoms with Crippen LogP contribution in [-0.4, -0.2) is 36.1 Å².